The van der Waals surface area contributed by atoms with Gasteiger partial charge in [-0.05, 0) is 37.8 Å². The van der Waals surface area contributed by atoms with Crippen LogP contribution in [0.25, 0.3) is 5.52 Å². The molecule has 0 amide bonds. The quantitative estimate of drug-likeness (QED) is 0.883. The lowest BCUT2D eigenvalue weighted by atomic mass is 9.83. The Kier molecular flexibility index (Phi) is 3.14. The highest BCUT2D eigenvalue weighted by Gasteiger charge is 2.26. The fraction of sp³-hybridized carbons (Fsp3) is 0.571. The summed E-state index contributed by atoms with van der Waals surface area (Å²) in [5.41, 5.74) is 2.37. The molecule has 5 heteroatoms. The van der Waals surface area contributed by atoms with Crippen molar-refractivity contribution in [1.29, 1.82) is 0 Å². The number of hydrogen-bond acceptors (Lipinski definition) is 4. The minimum Gasteiger partial charge on any atom is -0.368 e. The van der Waals surface area contributed by atoms with Crippen LogP contribution in [-0.4, -0.2) is 34.2 Å². The Morgan fingerprint density at radius 2 is 2.42 bits per heavy atom. The van der Waals surface area contributed by atoms with E-state index in [-0.39, 0.29) is 0 Å². The Bertz CT molecular complexity index is 568. The summed E-state index contributed by atoms with van der Waals surface area (Å²) in [6.45, 7) is 7.49. The fourth-order valence-electron chi connectivity index (χ4n) is 2.75. The lowest BCUT2D eigenvalue weighted by Crippen LogP contribution is -2.42. The van der Waals surface area contributed by atoms with Crippen LogP contribution in [0.4, 0.5) is 5.82 Å². The Balaban J connectivity index is 1.78. The van der Waals surface area contributed by atoms with Crippen LogP contribution in [0.15, 0.2) is 18.5 Å². The van der Waals surface area contributed by atoms with Crippen LogP contribution < -0.4 is 10.6 Å². The minimum absolute atomic E-state index is 0.307. The standard InChI is InChI=1S/C14H21N5/c1-11-8-12-13(16-6-7-19(12)18-11)17-10-14(2)4-3-5-15-9-14/h6-8,15H,3-5,9-10H2,1-2H3,(H,16,17). The van der Waals surface area contributed by atoms with Gasteiger partial charge in [-0.1, -0.05) is 6.92 Å². The molecule has 1 saturated heterocycles. The van der Waals surface area contributed by atoms with E-state index in [4.69, 9.17) is 0 Å². The maximum absolute atomic E-state index is 4.44. The zero-order chi connectivity index (χ0) is 13.3. The molecule has 1 atom stereocenters. The second-order valence-corrected chi connectivity index (χ2v) is 5.84. The summed E-state index contributed by atoms with van der Waals surface area (Å²) in [6, 6.07) is 2.07. The van der Waals surface area contributed by atoms with Crippen molar-refractivity contribution in [3.63, 3.8) is 0 Å². The molecule has 2 N–H and O–H groups in total. The first kappa shape index (κ1) is 12.4. The van der Waals surface area contributed by atoms with Gasteiger partial charge in [-0.15, -0.1) is 0 Å². The molecule has 102 valence electrons. The lowest BCUT2D eigenvalue weighted by molar-refractivity contribution is 0.253. The number of nitrogens with one attached hydrogen (secondary N) is 2. The van der Waals surface area contributed by atoms with Crippen LogP contribution in [0.3, 0.4) is 0 Å². The van der Waals surface area contributed by atoms with Gasteiger partial charge >= 0.3 is 0 Å². The second-order valence-electron chi connectivity index (χ2n) is 5.84. The average Bonchev–Trinajstić information content (AvgIpc) is 2.78. The number of hydrogen-bond donors (Lipinski definition) is 2. The number of aryl methyl sites for hydroxylation is 1. The van der Waals surface area contributed by atoms with Gasteiger partial charge in [-0.3, -0.25) is 0 Å². The molecule has 1 fully saturated rings. The molecule has 2 aromatic rings. The number of aromatic nitrogens is 3. The van der Waals surface area contributed by atoms with Crippen LogP contribution >= 0.6 is 0 Å². The summed E-state index contributed by atoms with van der Waals surface area (Å²) in [7, 11) is 0. The Labute approximate surface area is 113 Å². The van der Waals surface area contributed by atoms with Gasteiger partial charge in [0.25, 0.3) is 0 Å². The molecule has 3 heterocycles. The molecule has 2 aromatic heterocycles. The van der Waals surface area contributed by atoms with Gasteiger partial charge in [-0.25, -0.2) is 9.50 Å². The van der Waals surface area contributed by atoms with Gasteiger partial charge in [0.1, 0.15) is 5.52 Å². The monoisotopic (exact) mass is 259 g/mol. The molecule has 0 spiro atoms. The summed E-state index contributed by atoms with van der Waals surface area (Å²) < 4.78 is 1.88. The molecule has 0 bridgehead atoms. The Morgan fingerprint density at radius 1 is 1.53 bits per heavy atom. The highest BCUT2D eigenvalue weighted by atomic mass is 15.2. The fourth-order valence-corrected chi connectivity index (χ4v) is 2.75. The third kappa shape index (κ3) is 2.56. The summed E-state index contributed by atoms with van der Waals surface area (Å²) in [5.74, 6) is 0.926. The number of rotatable bonds is 3. The Hall–Kier alpha value is -1.62. The summed E-state index contributed by atoms with van der Waals surface area (Å²) in [6.07, 6.45) is 6.19. The van der Waals surface area contributed by atoms with Gasteiger partial charge in [0.05, 0.1) is 5.69 Å². The molecule has 1 aliphatic rings. The van der Waals surface area contributed by atoms with Crippen molar-refractivity contribution < 1.29 is 0 Å². The first-order valence-electron chi connectivity index (χ1n) is 6.92. The van der Waals surface area contributed by atoms with E-state index in [9.17, 15) is 0 Å². The van der Waals surface area contributed by atoms with E-state index in [1.54, 1.807) is 6.20 Å². The van der Waals surface area contributed by atoms with Gasteiger partial charge in [0, 0.05) is 25.5 Å². The van der Waals surface area contributed by atoms with Crippen LogP contribution in [0, 0.1) is 12.3 Å². The van der Waals surface area contributed by atoms with Gasteiger partial charge in [0.15, 0.2) is 5.82 Å². The highest BCUT2D eigenvalue weighted by Crippen LogP contribution is 2.26. The smallest absolute Gasteiger partial charge is 0.152 e. The maximum Gasteiger partial charge on any atom is 0.152 e. The van der Waals surface area contributed by atoms with Crippen LogP contribution in [0.5, 0.6) is 0 Å². The highest BCUT2D eigenvalue weighted by molar-refractivity contribution is 5.67. The van der Waals surface area contributed by atoms with Crippen molar-refractivity contribution in [2.24, 2.45) is 5.41 Å². The summed E-state index contributed by atoms with van der Waals surface area (Å²) in [4.78, 5) is 4.44. The van der Waals surface area contributed by atoms with E-state index in [0.717, 1.165) is 36.7 Å². The van der Waals surface area contributed by atoms with Gasteiger partial charge in [-0.2, -0.15) is 5.10 Å². The van der Waals surface area contributed by atoms with Crippen LogP contribution in [-0.2, 0) is 0 Å². The predicted octanol–water partition coefficient (Wildman–Crippen LogP) is 1.84. The number of anilines is 1. The number of nitrogens with zero attached hydrogens (tertiary/aromatic N) is 3. The van der Waals surface area contributed by atoms with E-state index in [1.165, 1.54) is 12.8 Å². The summed E-state index contributed by atoms with van der Waals surface area (Å²) >= 11 is 0. The van der Waals surface area contributed by atoms with Crippen molar-refractivity contribution in [3.05, 3.63) is 24.2 Å². The van der Waals surface area contributed by atoms with Gasteiger partial charge < -0.3 is 10.6 Å². The molecule has 3 rings (SSSR count). The lowest BCUT2D eigenvalue weighted by Gasteiger charge is -2.34. The molecule has 0 aliphatic carbocycles. The zero-order valence-electron chi connectivity index (χ0n) is 11.6. The normalized spacial score (nSPS) is 23.7. The zero-order valence-corrected chi connectivity index (χ0v) is 11.6. The van der Waals surface area contributed by atoms with E-state index < -0.39 is 0 Å². The van der Waals surface area contributed by atoms with Crippen molar-refractivity contribution in [1.82, 2.24) is 19.9 Å². The van der Waals surface area contributed by atoms with Crippen LogP contribution in [0.2, 0.25) is 0 Å². The molecule has 19 heavy (non-hydrogen) atoms. The molecular formula is C14H21N5. The topological polar surface area (TPSA) is 54.2 Å². The third-order valence-electron chi connectivity index (χ3n) is 3.88. The van der Waals surface area contributed by atoms with Crippen molar-refractivity contribution in [3.8, 4) is 0 Å². The van der Waals surface area contributed by atoms with Crippen molar-refractivity contribution in [2.75, 3.05) is 25.0 Å². The average molecular weight is 259 g/mol. The molecule has 0 radical (unpaired) electrons. The van der Waals surface area contributed by atoms with E-state index in [2.05, 4.69) is 33.7 Å². The van der Waals surface area contributed by atoms with E-state index in [1.807, 2.05) is 17.6 Å². The molecule has 1 aliphatic heterocycles. The molecule has 0 aromatic carbocycles. The first-order valence-corrected chi connectivity index (χ1v) is 6.92. The third-order valence-corrected chi connectivity index (χ3v) is 3.88. The SMILES string of the molecule is Cc1cc2c(NCC3(C)CCCNC3)nccn2n1. The number of fused-ring (bicyclic) bond motifs is 1. The number of piperidine rings is 1. The van der Waals surface area contributed by atoms with Gasteiger partial charge in [0.2, 0.25) is 0 Å². The Morgan fingerprint density at radius 3 is 3.21 bits per heavy atom. The summed E-state index contributed by atoms with van der Waals surface area (Å²) in [5, 5.41) is 11.4. The molecule has 5 nitrogen and oxygen atoms in total. The van der Waals surface area contributed by atoms with Crippen molar-refractivity contribution in [2.45, 2.75) is 26.7 Å². The second kappa shape index (κ2) is 4.81. The maximum atomic E-state index is 4.44. The largest absolute Gasteiger partial charge is 0.368 e. The predicted molar refractivity (Wildman–Crippen MR) is 76.4 cm³/mol. The first-order chi connectivity index (χ1) is 9.16. The molecule has 0 saturated carbocycles. The van der Waals surface area contributed by atoms with E-state index >= 15 is 0 Å². The van der Waals surface area contributed by atoms with Crippen molar-refractivity contribution >= 4 is 11.3 Å². The molecule has 1 unspecified atom stereocenters. The van der Waals surface area contributed by atoms with Crippen LogP contribution in [0.1, 0.15) is 25.5 Å². The van der Waals surface area contributed by atoms with E-state index in [0.29, 0.717) is 5.41 Å². The minimum atomic E-state index is 0.307. The molecular weight excluding hydrogens is 238 g/mol.